The van der Waals surface area contributed by atoms with E-state index in [2.05, 4.69) is 19.2 Å². The second-order valence-electron chi connectivity index (χ2n) is 4.79. The summed E-state index contributed by atoms with van der Waals surface area (Å²) in [5.74, 6) is 0.380. The van der Waals surface area contributed by atoms with E-state index in [0.717, 1.165) is 6.42 Å². The summed E-state index contributed by atoms with van der Waals surface area (Å²) in [5.41, 5.74) is 5.70. The summed E-state index contributed by atoms with van der Waals surface area (Å²) in [7, 11) is 0. The maximum Gasteiger partial charge on any atom is 0.237 e. The molecule has 0 saturated carbocycles. The highest BCUT2D eigenvalue weighted by molar-refractivity contribution is 5.82. The van der Waals surface area contributed by atoms with Crippen LogP contribution in [-0.2, 0) is 4.79 Å². The van der Waals surface area contributed by atoms with Gasteiger partial charge in [-0.25, -0.2) is 0 Å². The molecule has 0 fully saturated rings. The third kappa shape index (κ3) is 5.74. The molecule has 4 N–H and O–H groups in total. The summed E-state index contributed by atoms with van der Waals surface area (Å²) in [6, 6.07) is -0.673. The fourth-order valence-corrected chi connectivity index (χ4v) is 1.35. The van der Waals surface area contributed by atoms with Crippen LogP contribution < -0.4 is 11.1 Å². The van der Waals surface area contributed by atoms with Gasteiger partial charge >= 0.3 is 0 Å². The molecule has 15 heavy (non-hydrogen) atoms. The van der Waals surface area contributed by atoms with Gasteiger partial charge in [-0.15, -0.1) is 0 Å². The van der Waals surface area contributed by atoms with Crippen molar-refractivity contribution in [2.24, 2.45) is 17.6 Å². The van der Waals surface area contributed by atoms with Crippen LogP contribution in [0, 0.1) is 11.8 Å². The molecule has 0 spiro atoms. The van der Waals surface area contributed by atoms with E-state index in [1.807, 2.05) is 13.8 Å². The number of rotatable bonds is 6. The lowest BCUT2D eigenvalue weighted by atomic mass is 10.0. The van der Waals surface area contributed by atoms with E-state index >= 15 is 0 Å². The molecule has 0 aliphatic carbocycles. The Morgan fingerprint density at radius 1 is 1.33 bits per heavy atom. The Labute approximate surface area is 92.2 Å². The third-order valence-electron chi connectivity index (χ3n) is 2.34. The minimum absolute atomic E-state index is 0.0330. The zero-order chi connectivity index (χ0) is 12.0. The molecular formula is C11H24N2O2. The molecule has 4 nitrogen and oxygen atoms in total. The molecule has 1 amide bonds. The summed E-state index contributed by atoms with van der Waals surface area (Å²) in [6.07, 6.45) is 0.771. The lowest BCUT2D eigenvalue weighted by molar-refractivity contribution is -0.124. The van der Waals surface area contributed by atoms with E-state index in [1.54, 1.807) is 0 Å². The van der Waals surface area contributed by atoms with E-state index in [4.69, 9.17) is 10.8 Å². The highest BCUT2D eigenvalue weighted by Crippen LogP contribution is 2.05. The van der Waals surface area contributed by atoms with Gasteiger partial charge in [-0.2, -0.15) is 0 Å². The Hall–Kier alpha value is -0.610. The van der Waals surface area contributed by atoms with Gasteiger partial charge < -0.3 is 16.2 Å². The first kappa shape index (κ1) is 14.4. The number of hydrogen-bond donors (Lipinski definition) is 3. The molecular weight excluding hydrogens is 192 g/mol. The van der Waals surface area contributed by atoms with E-state index in [9.17, 15) is 4.79 Å². The molecule has 0 bridgehead atoms. The zero-order valence-electron chi connectivity index (χ0n) is 10.2. The molecule has 0 rings (SSSR count). The SMILES string of the molecule is CC(C)CC(CO)NC(=O)C(N)C(C)C. The fraction of sp³-hybridized carbons (Fsp3) is 0.909. The van der Waals surface area contributed by atoms with Crippen molar-refractivity contribution in [1.29, 1.82) is 0 Å². The molecule has 0 heterocycles. The van der Waals surface area contributed by atoms with Gasteiger partial charge in [-0.3, -0.25) is 4.79 Å². The van der Waals surface area contributed by atoms with Crippen LogP contribution in [0.2, 0.25) is 0 Å². The van der Waals surface area contributed by atoms with E-state index in [0.29, 0.717) is 5.92 Å². The third-order valence-corrected chi connectivity index (χ3v) is 2.34. The highest BCUT2D eigenvalue weighted by atomic mass is 16.3. The number of nitrogens with two attached hydrogens (primary N) is 1. The van der Waals surface area contributed by atoms with Gasteiger partial charge in [0.05, 0.1) is 18.7 Å². The second kappa shape index (κ2) is 6.80. The molecule has 0 aromatic heterocycles. The number of aliphatic hydroxyl groups is 1. The second-order valence-corrected chi connectivity index (χ2v) is 4.79. The first-order valence-electron chi connectivity index (χ1n) is 5.55. The van der Waals surface area contributed by atoms with Crippen molar-refractivity contribution >= 4 is 5.91 Å². The van der Waals surface area contributed by atoms with Gasteiger partial charge in [0.15, 0.2) is 0 Å². The standard InChI is InChI=1S/C11H24N2O2/c1-7(2)5-9(6-14)13-11(15)10(12)8(3)4/h7-10,14H,5-6,12H2,1-4H3,(H,13,15). The molecule has 2 unspecified atom stereocenters. The Balaban J connectivity index is 4.12. The van der Waals surface area contributed by atoms with Gasteiger partial charge in [0.1, 0.15) is 0 Å². The van der Waals surface area contributed by atoms with Gasteiger partial charge in [-0.05, 0) is 18.3 Å². The Morgan fingerprint density at radius 3 is 2.20 bits per heavy atom. The lowest BCUT2D eigenvalue weighted by Gasteiger charge is -2.22. The topological polar surface area (TPSA) is 75.3 Å². The monoisotopic (exact) mass is 216 g/mol. The lowest BCUT2D eigenvalue weighted by Crippen LogP contribution is -2.49. The summed E-state index contributed by atoms with van der Waals surface area (Å²) in [6.45, 7) is 7.88. The van der Waals surface area contributed by atoms with Crippen molar-refractivity contribution in [2.45, 2.75) is 46.2 Å². The number of carbonyl (C=O) groups is 1. The van der Waals surface area contributed by atoms with Crippen LogP contribution in [0.15, 0.2) is 0 Å². The van der Waals surface area contributed by atoms with Gasteiger partial charge in [0.2, 0.25) is 5.91 Å². The minimum Gasteiger partial charge on any atom is -0.394 e. The first-order valence-corrected chi connectivity index (χ1v) is 5.55. The van der Waals surface area contributed by atoms with Gasteiger partial charge in [-0.1, -0.05) is 27.7 Å². The largest absolute Gasteiger partial charge is 0.394 e. The van der Waals surface area contributed by atoms with Crippen molar-refractivity contribution in [3.05, 3.63) is 0 Å². The van der Waals surface area contributed by atoms with Crippen molar-refractivity contribution < 1.29 is 9.90 Å². The summed E-state index contributed by atoms with van der Waals surface area (Å²) < 4.78 is 0. The van der Waals surface area contributed by atoms with Crippen LogP contribution >= 0.6 is 0 Å². The van der Waals surface area contributed by atoms with Crippen molar-refractivity contribution in [1.82, 2.24) is 5.32 Å². The molecule has 0 aliphatic rings. The average Bonchev–Trinajstić information content (AvgIpc) is 2.14. The van der Waals surface area contributed by atoms with E-state index < -0.39 is 6.04 Å². The van der Waals surface area contributed by atoms with Crippen molar-refractivity contribution in [3.8, 4) is 0 Å². The van der Waals surface area contributed by atoms with Crippen LogP contribution in [0.5, 0.6) is 0 Å². The van der Waals surface area contributed by atoms with Crippen molar-refractivity contribution in [3.63, 3.8) is 0 Å². The van der Waals surface area contributed by atoms with Crippen LogP contribution in [-0.4, -0.2) is 29.7 Å². The average molecular weight is 216 g/mol. The number of amides is 1. The molecule has 0 aromatic carbocycles. The fourth-order valence-electron chi connectivity index (χ4n) is 1.35. The number of hydrogen-bond acceptors (Lipinski definition) is 3. The molecule has 0 saturated heterocycles. The maximum absolute atomic E-state index is 11.6. The molecule has 4 heteroatoms. The molecule has 0 radical (unpaired) electrons. The minimum atomic E-state index is -0.494. The van der Waals surface area contributed by atoms with Crippen LogP contribution in [0.25, 0.3) is 0 Å². The van der Waals surface area contributed by atoms with Gasteiger partial charge in [0.25, 0.3) is 0 Å². The van der Waals surface area contributed by atoms with E-state index in [-0.39, 0.29) is 24.5 Å². The van der Waals surface area contributed by atoms with Crippen LogP contribution in [0.1, 0.15) is 34.1 Å². The normalized spacial score (nSPS) is 15.5. The van der Waals surface area contributed by atoms with Gasteiger partial charge in [0, 0.05) is 0 Å². The Morgan fingerprint density at radius 2 is 1.87 bits per heavy atom. The predicted octanol–water partition coefficient (Wildman–Crippen LogP) is 0.493. The molecule has 2 atom stereocenters. The Kier molecular flexibility index (Phi) is 6.52. The number of aliphatic hydroxyl groups excluding tert-OH is 1. The van der Waals surface area contributed by atoms with Crippen LogP contribution in [0.3, 0.4) is 0 Å². The summed E-state index contributed by atoms with van der Waals surface area (Å²) in [5, 5.41) is 11.9. The number of carbonyl (C=O) groups excluding carboxylic acids is 1. The predicted molar refractivity (Wildman–Crippen MR) is 61.3 cm³/mol. The summed E-state index contributed by atoms with van der Waals surface area (Å²) in [4.78, 5) is 11.6. The highest BCUT2D eigenvalue weighted by Gasteiger charge is 2.20. The Bertz CT molecular complexity index is 193. The summed E-state index contributed by atoms with van der Waals surface area (Å²) >= 11 is 0. The van der Waals surface area contributed by atoms with Crippen molar-refractivity contribution in [2.75, 3.05) is 6.61 Å². The smallest absolute Gasteiger partial charge is 0.237 e. The molecule has 0 aromatic rings. The quantitative estimate of drug-likeness (QED) is 0.605. The van der Waals surface area contributed by atoms with Crippen LogP contribution in [0.4, 0.5) is 0 Å². The molecule has 90 valence electrons. The molecule has 0 aliphatic heterocycles. The maximum atomic E-state index is 11.6. The van der Waals surface area contributed by atoms with E-state index in [1.165, 1.54) is 0 Å². The first-order chi connectivity index (χ1) is 6.88. The number of nitrogens with one attached hydrogen (secondary N) is 1. The zero-order valence-corrected chi connectivity index (χ0v) is 10.2.